The molecule has 2 aliphatic rings. The van der Waals surface area contributed by atoms with Gasteiger partial charge in [0, 0.05) is 24.2 Å². The van der Waals surface area contributed by atoms with E-state index in [9.17, 15) is 14.4 Å². The fourth-order valence-electron chi connectivity index (χ4n) is 3.73. The van der Waals surface area contributed by atoms with Crippen LogP contribution in [-0.2, 0) is 9.59 Å². The molecule has 2 aromatic rings. The number of benzene rings is 2. The molecule has 2 atom stereocenters. The van der Waals surface area contributed by atoms with E-state index in [1.54, 1.807) is 0 Å². The fraction of sp³-hybridized carbons (Fsp3) is 0.375. The van der Waals surface area contributed by atoms with Crippen LogP contribution in [0.25, 0.3) is 0 Å². The van der Waals surface area contributed by atoms with E-state index in [0.717, 1.165) is 28.9 Å². The van der Waals surface area contributed by atoms with E-state index in [1.807, 2.05) is 36.4 Å². The van der Waals surface area contributed by atoms with Gasteiger partial charge < -0.3 is 16.0 Å². The molecule has 1 aliphatic carbocycles. The van der Waals surface area contributed by atoms with E-state index >= 15 is 0 Å². The van der Waals surface area contributed by atoms with Gasteiger partial charge in [-0.1, -0.05) is 56.3 Å². The molecule has 1 unspecified atom stereocenters. The van der Waals surface area contributed by atoms with Crippen LogP contribution >= 0.6 is 0 Å². The molecule has 2 aromatic carbocycles. The summed E-state index contributed by atoms with van der Waals surface area (Å²) in [6.07, 6.45) is 0.987. The second kappa shape index (κ2) is 8.41. The summed E-state index contributed by atoms with van der Waals surface area (Å²) >= 11 is 0. The Kier molecular flexibility index (Phi) is 5.67. The van der Waals surface area contributed by atoms with Crippen LogP contribution in [0.15, 0.2) is 48.5 Å². The normalized spacial score (nSPS) is 19.4. The zero-order valence-corrected chi connectivity index (χ0v) is 18.0. The number of rotatable bonds is 7. The predicted molar refractivity (Wildman–Crippen MR) is 118 cm³/mol. The maximum absolute atomic E-state index is 12.7. The number of likely N-dealkylation sites (N-methyl/N-ethyl adjacent to an activating group) is 1. The van der Waals surface area contributed by atoms with E-state index in [2.05, 4.69) is 41.9 Å². The van der Waals surface area contributed by atoms with Gasteiger partial charge in [-0.25, -0.2) is 4.79 Å². The van der Waals surface area contributed by atoms with Crippen LogP contribution in [0, 0.1) is 5.92 Å². The van der Waals surface area contributed by atoms with Gasteiger partial charge in [0.25, 0.3) is 5.91 Å². The number of urea groups is 1. The van der Waals surface area contributed by atoms with Crippen molar-refractivity contribution < 1.29 is 14.4 Å². The fourth-order valence-corrected chi connectivity index (χ4v) is 3.73. The summed E-state index contributed by atoms with van der Waals surface area (Å²) in [4.78, 5) is 37.9. The van der Waals surface area contributed by atoms with Crippen LogP contribution in [0.3, 0.4) is 0 Å². The number of hydrogen-bond donors (Lipinski definition) is 3. The highest BCUT2D eigenvalue weighted by Gasteiger charge is 2.36. The SMILES string of the molecule is CC(C)c1ccc([C@@H](NC(=O)C2CC2)c2ccccc2NC2NC(=O)N(C)C2=O)cc1. The summed E-state index contributed by atoms with van der Waals surface area (Å²) in [6, 6.07) is 15.0. The lowest BCUT2D eigenvalue weighted by molar-refractivity contribution is -0.126. The molecule has 1 heterocycles. The molecule has 31 heavy (non-hydrogen) atoms. The Hall–Kier alpha value is -3.35. The van der Waals surface area contributed by atoms with Gasteiger partial charge in [0.15, 0.2) is 6.17 Å². The number of carbonyl (C=O) groups excluding carboxylic acids is 3. The summed E-state index contributed by atoms with van der Waals surface area (Å²) in [5.41, 5.74) is 3.71. The average molecular weight is 421 g/mol. The van der Waals surface area contributed by atoms with Crippen LogP contribution in [0.1, 0.15) is 55.3 Å². The second-order valence-electron chi connectivity index (χ2n) is 8.55. The Labute approximate surface area is 182 Å². The minimum Gasteiger partial charge on any atom is -0.357 e. The Balaban J connectivity index is 1.67. The third-order valence-electron chi connectivity index (χ3n) is 5.89. The molecule has 7 nitrogen and oxygen atoms in total. The van der Waals surface area contributed by atoms with Crippen molar-refractivity contribution in [1.82, 2.24) is 15.5 Å². The highest BCUT2D eigenvalue weighted by molar-refractivity contribution is 6.05. The van der Waals surface area contributed by atoms with Crippen LogP contribution in [0.4, 0.5) is 10.5 Å². The summed E-state index contributed by atoms with van der Waals surface area (Å²) in [6.45, 7) is 4.29. The summed E-state index contributed by atoms with van der Waals surface area (Å²) in [5, 5.41) is 8.97. The molecule has 162 valence electrons. The van der Waals surface area contributed by atoms with Crippen molar-refractivity contribution in [3.63, 3.8) is 0 Å². The van der Waals surface area contributed by atoms with Crippen molar-refractivity contribution >= 4 is 23.5 Å². The Morgan fingerprint density at radius 1 is 1.03 bits per heavy atom. The number of hydrogen-bond acceptors (Lipinski definition) is 4. The van der Waals surface area contributed by atoms with Crippen LogP contribution in [0.2, 0.25) is 0 Å². The number of carbonyl (C=O) groups is 3. The van der Waals surface area contributed by atoms with E-state index in [-0.39, 0.29) is 23.8 Å². The minimum absolute atomic E-state index is 0.0396. The van der Waals surface area contributed by atoms with Gasteiger partial charge in [-0.3, -0.25) is 14.5 Å². The monoisotopic (exact) mass is 420 g/mol. The number of para-hydroxylation sites is 1. The van der Waals surface area contributed by atoms with Gasteiger partial charge in [0.05, 0.1) is 6.04 Å². The van der Waals surface area contributed by atoms with Gasteiger partial charge in [-0.2, -0.15) is 0 Å². The molecule has 1 saturated heterocycles. The van der Waals surface area contributed by atoms with Crippen molar-refractivity contribution in [3.05, 3.63) is 65.2 Å². The van der Waals surface area contributed by atoms with Crippen LogP contribution in [0.5, 0.6) is 0 Å². The van der Waals surface area contributed by atoms with Crippen LogP contribution in [-0.4, -0.2) is 36.0 Å². The van der Waals surface area contributed by atoms with E-state index in [1.165, 1.54) is 12.6 Å². The second-order valence-corrected chi connectivity index (χ2v) is 8.55. The maximum Gasteiger partial charge on any atom is 0.325 e. The largest absolute Gasteiger partial charge is 0.357 e. The number of amides is 4. The molecule has 4 amide bonds. The maximum atomic E-state index is 12.7. The smallest absolute Gasteiger partial charge is 0.325 e. The number of anilines is 1. The molecule has 0 spiro atoms. The van der Waals surface area contributed by atoms with Crippen molar-refractivity contribution in [1.29, 1.82) is 0 Å². The zero-order chi connectivity index (χ0) is 22.1. The van der Waals surface area contributed by atoms with Gasteiger partial charge in [-0.15, -0.1) is 0 Å². The van der Waals surface area contributed by atoms with E-state index in [4.69, 9.17) is 0 Å². The lowest BCUT2D eigenvalue weighted by Crippen LogP contribution is -2.38. The summed E-state index contributed by atoms with van der Waals surface area (Å²) < 4.78 is 0. The number of nitrogens with zero attached hydrogens (tertiary/aromatic N) is 1. The molecule has 1 aliphatic heterocycles. The van der Waals surface area contributed by atoms with Gasteiger partial charge in [0.1, 0.15) is 0 Å². The molecule has 7 heteroatoms. The first-order valence-electron chi connectivity index (χ1n) is 10.7. The Bertz CT molecular complexity index is 998. The molecule has 4 rings (SSSR count). The molecule has 0 radical (unpaired) electrons. The quantitative estimate of drug-likeness (QED) is 0.599. The van der Waals surface area contributed by atoms with Crippen molar-refractivity contribution in [2.75, 3.05) is 12.4 Å². The Morgan fingerprint density at radius 2 is 1.68 bits per heavy atom. The number of imide groups is 1. The number of nitrogens with one attached hydrogen (secondary N) is 3. The lowest BCUT2D eigenvalue weighted by atomic mass is 9.94. The Morgan fingerprint density at radius 3 is 2.26 bits per heavy atom. The first kappa shape index (κ1) is 20.9. The summed E-state index contributed by atoms with van der Waals surface area (Å²) in [5.74, 6) is 0.177. The zero-order valence-electron chi connectivity index (χ0n) is 18.0. The average Bonchev–Trinajstić information content (AvgIpc) is 3.58. The molecule has 0 aromatic heterocycles. The van der Waals surface area contributed by atoms with Gasteiger partial charge >= 0.3 is 6.03 Å². The predicted octanol–water partition coefficient (Wildman–Crippen LogP) is 3.35. The van der Waals surface area contributed by atoms with Crippen molar-refractivity contribution in [2.24, 2.45) is 5.92 Å². The third-order valence-corrected chi connectivity index (χ3v) is 5.89. The molecule has 2 fully saturated rings. The topological polar surface area (TPSA) is 90.5 Å². The highest BCUT2D eigenvalue weighted by Crippen LogP contribution is 2.34. The standard InChI is InChI=1S/C24H28N4O3/c1-14(2)15-8-10-16(11-9-15)20(26-22(29)17-12-13-17)18-6-4-5-7-19(18)25-21-23(30)28(3)24(31)27-21/h4-11,14,17,20-21,25H,12-13H2,1-3H3,(H,26,29)(H,27,31)/t20-,21?/m1/s1. The van der Waals surface area contributed by atoms with Gasteiger partial charge in [0.2, 0.25) is 5.91 Å². The van der Waals surface area contributed by atoms with E-state index in [0.29, 0.717) is 11.6 Å². The van der Waals surface area contributed by atoms with Crippen molar-refractivity contribution in [2.45, 2.75) is 44.8 Å². The first-order valence-corrected chi connectivity index (χ1v) is 10.7. The lowest BCUT2D eigenvalue weighted by Gasteiger charge is -2.24. The summed E-state index contributed by atoms with van der Waals surface area (Å²) in [7, 11) is 1.44. The van der Waals surface area contributed by atoms with E-state index < -0.39 is 12.2 Å². The van der Waals surface area contributed by atoms with Gasteiger partial charge in [-0.05, 0) is 36.0 Å². The van der Waals surface area contributed by atoms with Crippen molar-refractivity contribution in [3.8, 4) is 0 Å². The van der Waals surface area contributed by atoms with Crippen LogP contribution < -0.4 is 16.0 Å². The molecule has 1 saturated carbocycles. The molecule has 0 bridgehead atoms. The first-order chi connectivity index (χ1) is 14.8. The molecular weight excluding hydrogens is 392 g/mol. The highest BCUT2D eigenvalue weighted by atomic mass is 16.2. The molecule has 3 N–H and O–H groups in total. The molecular formula is C24H28N4O3. The third kappa shape index (κ3) is 4.40. The minimum atomic E-state index is -0.846.